The van der Waals surface area contributed by atoms with Gasteiger partial charge in [-0.1, -0.05) is 45.0 Å². The standard InChI is InChI=1S/C19H17F2NO/c1-19(2,3)12-6-4-11(5-7-12)17-15(10-23)14-8-13(20)9-16(21)18(14)22-17/h4-10,22H,1-3H3. The average molecular weight is 313 g/mol. The van der Waals surface area contributed by atoms with Gasteiger partial charge in [-0.15, -0.1) is 0 Å². The zero-order valence-electron chi connectivity index (χ0n) is 13.2. The highest BCUT2D eigenvalue weighted by atomic mass is 19.1. The van der Waals surface area contributed by atoms with Crippen molar-refractivity contribution in [3.63, 3.8) is 0 Å². The van der Waals surface area contributed by atoms with Gasteiger partial charge in [0.15, 0.2) is 6.29 Å². The molecule has 0 aliphatic rings. The van der Waals surface area contributed by atoms with Crippen molar-refractivity contribution in [1.82, 2.24) is 4.98 Å². The van der Waals surface area contributed by atoms with Crippen LogP contribution >= 0.6 is 0 Å². The molecule has 0 unspecified atom stereocenters. The van der Waals surface area contributed by atoms with Gasteiger partial charge in [-0.05, 0) is 22.6 Å². The molecule has 23 heavy (non-hydrogen) atoms. The summed E-state index contributed by atoms with van der Waals surface area (Å²) in [6.07, 6.45) is 0.630. The molecule has 0 fully saturated rings. The number of rotatable bonds is 2. The molecule has 0 spiro atoms. The molecule has 0 bridgehead atoms. The van der Waals surface area contributed by atoms with Crippen LogP contribution in [0.2, 0.25) is 0 Å². The van der Waals surface area contributed by atoms with Crippen LogP contribution in [-0.2, 0) is 5.41 Å². The van der Waals surface area contributed by atoms with Crippen molar-refractivity contribution in [2.24, 2.45) is 0 Å². The molecule has 0 atom stereocenters. The minimum atomic E-state index is -0.708. The Morgan fingerprint density at radius 1 is 1.04 bits per heavy atom. The molecule has 0 amide bonds. The number of fused-ring (bicyclic) bond motifs is 1. The van der Waals surface area contributed by atoms with Crippen molar-refractivity contribution >= 4 is 17.2 Å². The summed E-state index contributed by atoms with van der Waals surface area (Å²) in [7, 11) is 0. The van der Waals surface area contributed by atoms with Gasteiger partial charge in [-0.3, -0.25) is 4.79 Å². The van der Waals surface area contributed by atoms with Gasteiger partial charge >= 0.3 is 0 Å². The Kier molecular flexibility index (Phi) is 3.55. The topological polar surface area (TPSA) is 32.9 Å². The Bertz CT molecular complexity index is 886. The van der Waals surface area contributed by atoms with Crippen LogP contribution in [0.4, 0.5) is 8.78 Å². The summed E-state index contributed by atoms with van der Waals surface area (Å²) >= 11 is 0. The molecule has 2 aromatic carbocycles. The monoisotopic (exact) mass is 313 g/mol. The van der Waals surface area contributed by atoms with Crippen molar-refractivity contribution in [3.8, 4) is 11.3 Å². The first-order valence-corrected chi connectivity index (χ1v) is 7.38. The highest BCUT2D eigenvalue weighted by molar-refractivity contribution is 6.04. The third-order valence-corrected chi connectivity index (χ3v) is 4.02. The number of nitrogens with one attached hydrogen (secondary N) is 1. The first kappa shape index (κ1) is 15.4. The van der Waals surface area contributed by atoms with Gasteiger partial charge in [0, 0.05) is 17.0 Å². The highest BCUT2D eigenvalue weighted by Gasteiger charge is 2.18. The maximum absolute atomic E-state index is 13.9. The van der Waals surface area contributed by atoms with E-state index < -0.39 is 11.6 Å². The van der Waals surface area contributed by atoms with E-state index in [1.165, 1.54) is 6.07 Å². The molecular formula is C19H17F2NO. The van der Waals surface area contributed by atoms with Gasteiger partial charge in [0.25, 0.3) is 0 Å². The second-order valence-electron chi connectivity index (χ2n) is 6.67. The van der Waals surface area contributed by atoms with Crippen LogP contribution in [-0.4, -0.2) is 11.3 Å². The fraction of sp³-hybridized carbons (Fsp3) is 0.211. The molecule has 0 saturated heterocycles. The van der Waals surface area contributed by atoms with Crippen molar-refractivity contribution in [2.45, 2.75) is 26.2 Å². The molecule has 1 aromatic heterocycles. The van der Waals surface area contributed by atoms with E-state index in [-0.39, 0.29) is 21.9 Å². The number of carbonyl (C=O) groups excluding carboxylic acids is 1. The first-order valence-electron chi connectivity index (χ1n) is 7.38. The number of hydrogen-bond acceptors (Lipinski definition) is 1. The van der Waals surface area contributed by atoms with Gasteiger partial charge < -0.3 is 4.98 Å². The van der Waals surface area contributed by atoms with Crippen molar-refractivity contribution in [1.29, 1.82) is 0 Å². The van der Waals surface area contributed by atoms with E-state index in [9.17, 15) is 13.6 Å². The Labute approximate surface area is 133 Å². The summed E-state index contributed by atoms with van der Waals surface area (Å²) < 4.78 is 27.4. The van der Waals surface area contributed by atoms with Gasteiger partial charge in [0.1, 0.15) is 11.6 Å². The minimum Gasteiger partial charge on any atom is -0.352 e. The molecule has 4 heteroatoms. The molecule has 3 rings (SSSR count). The number of H-pyrrole nitrogens is 1. The van der Waals surface area contributed by atoms with E-state index >= 15 is 0 Å². The second-order valence-corrected chi connectivity index (χ2v) is 6.67. The van der Waals surface area contributed by atoms with Gasteiger partial charge in [0.05, 0.1) is 11.2 Å². The molecule has 0 aliphatic heterocycles. The summed E-state index contributed by atoms with van der Waals surface area (Å²) in [5.41, 5.74) is 2.84. The number of aromatic amines is 1. The number of aromatic nitrogens is 1. The van der Waals surface area contributed by atoms with E-state index in [4.69, 9.17) is 0 Å². The van der Waals surface area contributed by atoms with Gasteiger partial charge in [-0.2, -0.15) is 0 Å². The number of hydrogen-bond donors (Lipinski definition) is 1. The minimum absolute atomic E-state index is 0.0156. The Morgan fingerprint density at radius 2 is 1.70 bits per heavy atom. The molecule has 2 nitrogen and oxygen atoms in total. The quantitative estimate of drug-likeness (QED) is 0.646. The largest absolute Gasteiger partial charge is 0.352 e. The Morgan fingerprint density at radius 3 is 2.26 bits per heavy atom. The second kappa shape index (κ2) is 5.30. The average Bonchev–Trinajstić information content (AvgIpc) is 2.85. The molecule has 1 heterocycles. The van der Waals surface area contributed by atoms with Crippen LogP contribution in [0.1, 0.15) is 36.7 Å². The maximum Gasteiger partial charge on any atom is 0.152 e. The number of aldehydes is 1. The smallest absolute Gasteiger partial charge is 0.152 e. The van der Waals surface area contributed by atoms with Gasteiger partial charge in [-0.25, -0.2) is 8.78 Å². The lowest BCUT2D eigenvalue weighted by atomic mass is 9.86. The van der Waals surface area contributed by atoms with E-state index in [0.29, 0.717) is 12.0 Å². The molecule has 3 aromatic rings. The Hall–Kier alpha value is -2.49. The third-order valence-electron chi connectivity index (χ3n) is 4.02. The fourth-order valence-corrected chi connectivity index (χ4v) is 2.73. The predicted molar refractivity (Wildman–Crippen MR) is 87.7 cm³/mol. The van der Waals surface area contributed by atoms with E-state index in [2.05, 4.69) is 25.8 Å². The highest BCUT2D eigenvalue weighted by Crippen LogP contribution is 2.32. The van der Waals surface area contributed by atoms with Crippen LogP contribution < -0.4 is 0 Å². The van der Waals surface area contributed by atoms with Crippen molar-refractivity contribution in [2.75, 3.05) is 0 Å². The van der Waals surface area contributed by atoms with Crippen LogP contribution in [0.15, 0.2) is 36.4 Å². The van der Waals surface area contributed by atoms with Crippen LogP contribution in [0, 0.1) is 11.6 Å². The van der Waals surface area contributed by atoms with E-state index in [1.54, 1.807) is 0 Å². The van der Waals surface area contributed by atoms with Crippen molar-refractivity contribution < 1.29 is 13.6 Å². The maximum atomic E-state index is 13.9. The van der Waals surface area contributed by atoms with Gasteiger partial charge in [0.2, 0.25) is 0 Å². The Balaban J connectivity index is 2.20. The molecule has 118 valence electrons. The number of halogens is 2. The summed E-state index contributed by atoms with van der Waals surface area (Å²) in [5, 5.41) is 0.257. The third kappa shape index (κ3) is 2.65. The molecule has 1 N–H and O–H groups in total. The first-order chi connectivity index (χ1) is 10.8. The van der Waals surface area contributed by atoms with Crippen LogP contribution in [0.5, 0.6) is 0 Å². The summed E-state index contributed by atoms with van der Waals surface area (Å²) in [4.78, 5) is 14.4. The SMILES string of the molecule is CC(C)(C)c1ccc(-c2[nH]c3c(F)cc(F)cc3c2C=O)cc1. The van der Waals surface area contributed by atoms with E-state index in [1.807, 2.05) is 24.3 Å². The predicted octanol–water partition coefficient (Wildman–Crippen LogP) is 5.22. The van der Waals surface area contributed by atoms with E-state index in [0.717, 1.165) is 17.2 Å². The number of carbonyl (C=O) groups is 1. The summed E-state index contributed by atoms with van der Waals surface area (Å²) in [6, 6.07) is 9.70. The lowest BCUT2D eigenvalue weighted by molar-refractivity contribution is 0.112. The normalized spacial score (nSPS) is 11.9. The molecule has 0 aliphatic carbocycles. The molecule has 0 saturated carbocycles. The molecule has 0 radical (unpaired) electrons. The zero-order chi connectivity index (χ0) is 16.8. The van der Waals surface area contributed by atoms with Crippen molar-refractivity contribution in [3.05, 3.63) is 59.2 Å². The number of benzene rings is 2. The zero-order valence-corrected chi connectivity index (χ0v) is 13.2. The lowest BCUT2D eigenvalue weighted by Gasteiger charge is -2.19. The van der Waals surface area contributed by atoms with Crippen LogP contribution in [0.25, 0.3) is 22.2 Å². The molecular weight excluding hydrogens is 296 g/mol. The van der Waals surface area contributed by atoms with Crippen LogP contribution in [0.3, 0.4) is 0 Å². The summed E-state index contributed by atoms with van der Waals surface area (Å²) in [6.45, 7) is 6.33. The lowest BCUT2D eigenvalue weighted by Crippen LogP contribution is -2.10. The fourth-order valence-electron chi connectivity index (χ4n) is 2.73. The summed E-state index contributed by atoms with van der Waals surface area (Å²) in [5.74, 6) is -1.41.